The van der Waals surface area contributed by atoms with Crippen molar-refractivity contribution in [1.29, 1.82) is 0 Å². The lowest BCUT2D eigenvalue weighted by atomic mass is 10.1. The minimum absolute atomic E-state index is 0.223. The fraction of sp³-hybridized carbons (Fsp3) is 0.448. The van der Waals surface area contributed by atoms with E-state index in [2.05, 4.69) is 58.8 Å². The lowest BCUT2D eigenvalue weighted by Crippen LogP contribution is -2.38. The Kier molecular flexibility index (Phi) is 10.2. The molecule has 33 heavy (non-hydrogen) atoms. The van der Waals surface area contributed by atoms with Crippen molar-refractivity contribution in [3.8, 4) is 0 Å². The van der Waals surface area contributed by atoms with Crippen LogP contribution >= 0.6 is 0 Å². The van der Waals surface area contributed by atoms with E-state index in [0.717, 1.165) is 25.1 Å². The van der Waals surface area contributed by atoms with E-state index in [1.807, 2.05) is 12.1 Å². The van der Waals surface area contributed by atoms with Crippen molar-refractivity contribution >= 4 is 5.97 Å². The van der Waals surface area contributed by atoms with Gasteiger partial charge >= 0.3 is 0 Å². The zero-order valence-electron chi connectivity index (χ0n) is 20.0. The number of aromatic nitrogens is 2. The lowest BCUT2D eigenvalue weighted by molar-refractivity contribution is -0.695. The summed E-state index contributed by atoms with van der Waals surface area (Å²) in [6.07, 6.45) is 17.3. The Morgan fingerprint density at radius 3 is 2.09 bits per heavy atom. The number of hydrogen-bond donors (Lipinski definition) is 0. The molecule has 2 aromatic carbocycles. The number of unbranched alkanes of at least 4 members (excludes halogenated alkanes) is 8. The van der Waals surface area contributed by atoms with E-state index in [1.165, 1.54) is 69.2 Å². The van der Waals surface area contributed by atoms with Crippen LogP contribution < -0.4 is 9.67 Å². The molecule has 1 heterocycles. The number of aromatic carboxylic acids is 1. The van der Waals surface area contributed by atoms with Crippen molar-refractivity contribution in [2.75, 3.05) is 0 Å². The van der Waals surface area contributed by atoms with Gasteiger partial charge in [-0.1, -0.05) is 113 Å². The van der Waals surface area contributed by atoms with Crippen molar-refractivity contribution in [2.24, 2.45) is 0 Å². The zero-order chi connectivity index (χ0) is 23.3. The van der Waals surface area contributed by atoms with Crippen LogP contribution in [-0.4, -0.2) is 10.5 Å². The normalized spacial score (nSPS) is 11.1. The van der Waals surface area contributed by atoms with E-state index in [4.69, 9.17) is 0 Å². The third kappa shape index (κ3) is 8.20. The Morgan fingerprint density at radius 1 is 0.818 bits per heavy atom. The van der Waals surface area contributed by atoms with Gasteiger partial charge in [-0.15, -0.1) is 0 Å². The molecular formula is C29H38N2O2. The molecule has 4 heteroatoms. The molecule has 0 aliphatic rings. The van der Waals surface area contributed by atoms with Gasteiger partial charge in [-0.25, -0.2) is 9.13 Å². The highest BCUT2D eigenvalue weighted by atomic mass is 16.4. The number of nitrogens with zero attached hydrogens (tertiary/aromatic N) is 2. The predicted molar refractivity (Wildman–Crippen MR) is 131 cm³/mol. The van der Waals surface area contributed by atoms with Crippen LogP contribution in [0.3, 0.4) is 0 Å². The van der Waals surface area contributed by atoms with Crippen LogP contribution in [0, 0.1) is 0 Å². The number of carbonyl (C=O) groups excluding carboxylic acids is 1. The maximum atomic E-state index is 11.0. The molecular weight excluding hydrogens is 408 g/mol. The topological polar surface area (TPSA) is 48.9 Å². The Morgan fingerprint density at radius 2 is 1.45 bits per heavy atom. The highest BCUT2D eigenvalue weighted by Crippen LogP contribution is 2.13. The van der Waals surface area contributed by atoms with Gasteiger partial charge in [0.2, 0.25) is 0 Å². The first kappa shape index (κ1) is 24.8. The molecule has 0 amide bonds. The van der Waals surface area contributed by atoms with Gasteiger partial charge < -0.3 is 9.90 Å². The molecule has 1 aromatic heterocycles. The summed E-state index contributed by atoms with van der Waals surface area (Å²) in [4.78, 5) is 11.0. The molecule has 0 spiro atoms. The van der Waals surface area contributed by atoms with Crippen LogP contribution in [0.15, 0.2) is 67.0 Å². The Bertz CT molecular complexity index is 961. The molecule has 0 saturated heterocycles. The second-order valence-corrected chi connectivity index (χ2v) is 9.02. The van der Waals surface area contributed by atoms with Gasteiger partial charge in [0.05, 0.1) is 5.97 Å². The Balaban J connectivity index is 1.61. The van der Waals surface area contributed by atoms with Crippen molar-refractivity contribution in [2.45, 2.75) is 84.2 Å². The first-order valence-electron chi connectivity index (χ1n) is 12.6. The molecule has 0 bridgehead atoms. The van der Waals surface area contributed by atoms with Crippen LogP contribution in [0.2, 0.25) is 0 Å². The molecule has 0 fully saturated rings. The summed E-state index contributed by atoms with van der Waals surface area (Å²) in [5, 5.41) is 11.0. The zero-order valence-corrected chi connectivity index (χ0v) is 20.0. The Labute approximate surface area is 198 Å². The van der Waals surface area contributed by atoms with Crippen molar-refractivity contribution < 1.29 is 14.5 Å². The van der Waals surface area contributed by atoms with Gasteiger partial charge in [-0.05, 0) is 23.1 Å². The molecule has 0 N–H and O–H groups in total. The van der Waals surface area contributed by atoms with Crippen LogP contribution in [0.4, 0.5) is 0 Å². The van der Waals surface area contributed by atoms with Crippen molar-refractivity contribution in [1.82, 2.24) is 4.57 Å². The van der Waals surface area contributed by atoms with Gasteiger partial charge in [0.15, 0.2) is 0 Å². The third-order valence-corrected chi connectivity index (χ3v) is 6.33. The molecule has 0 atom stereocenters. The first-order valence-corrected chi connectivity index (χ1v) is 12.6. The maximum absolute atomic E-state index is 11.0. The van der Waals surface area contributed by atoms with E-state index in [9.17, 15) is 9.90 Å². The minimum Gasteiger partial charge on any atom is -0.545 e. The van der Waals surface area contributed by atoms with E-state index >= 15 is 0 Å². The number of carboxylic acid groups (broad SMARTS) is 1. The summed E-state index contributed by atoms with van der Waals surface area (Å²) in [5.41, 5.74) is 2.61. The first-order chi connectivity index (χ1) is 16.2. The SMILES string of the molecule is CCCCCCCCCCCc1n(Cc2ccc(C(=O)[O-])cc2)cc[n+]1Cc1ccccc1. The highest BCUT2D eigenvalue weighted by molar-refractivity contribution is 5.85. The monoisotopic (exact) mass is 446 g/mol. The molecule has 0 radical (unpaired) electrons. The van der Waals surface area contributed by atoms with E-state index < -0.39 is 5.97 Å². The average Bonchev–Trinajstić information content (AvgIpc) is 3.19. The smallest absolute Gasteiger partial charge is 0.256 e. The van der Waals surface area contributed by atoms with Gasteiger partial charge in [-0.3, -0.25) is 0 Å². The minimum atomic E-state index is -1.13. The van der Waals surface area contributed by atoms with E-state index in [-0.39, 0.29) is 5.56 Å². The quantitative estimate of drug-likeness (QED) is 0.235. The van der Waals surface area contributed by atoms with Gasteiger partial charge in [0.1, 0.15) is 25.5 Å². The number of rotatable bonds is 15. The average molecular weight is 447 g/mol. The summed E-state index contributed by atoms with van der Waals surface area (Å²) in [7, 11) is 0. The fourth-order valence-electron chi connectivity index (χ4n) is 4.39. The number of benzene rings is 2. The van der Waals surface area contributed by atoms with E-state index in [1.54, 1.807) is 12.1 Å². The van der Waals surface area contributed by atoms with Crippen molar-refractivity contribution in [3.63, 3.8) is 0 Å². The number of hydrogen-bond acceptors (Lipinski definition) is 2. The Hall–Kier alpha value is -2.88. The maximum Gasteiger partial charge on any atom is 0.256 e. The third-order valence-electron chi connectivity index (χ3n) is 6.33. The van der Waals surface area contributed by atoms with Crippen molar-refractivity contribution in [3.05, 3.63) is 89.5 Å². The molecule has 3 rings (SSSR count). The van der Waals surface area contributed by atoms with Crippen LogP contribution in [0.25, 0.3) is 0 Å². The highest BCUT2D eigenvalue weighted by Gasteiger charge is 2.17. The van der Waals surface area contributed by atoms with Crippen LogP contribution in [0.5, 0.6) is 0 Å². The molecule has 0 saturated carbocycles. The summed E-state index contributed by atoms with van der Waals surface area (Å²) in [6, 6.07) is 17.6. The predicted octanol–water partition coefficient (Wildman–Crippen LogP) is 5.31. The number of carbonyl (C=O) groups is 1. The second-order valence-electron chi connectivity index (χ2n) is 9.02. The van der Waals surface area contributed by atoms with Gasteiger partial charge in [0, 0.05) is 6.42 Å². The summed E-state index contributed by atoms with van der Waals surface area (Å²) >= 11 is 0. The van der Waals surface area contributed by atoms with Crippen LogP contribution in [0.1, 0.15) is 92.0 Å². The van der Waals surface area contributed by atoms with Gasteiger partial charge in [0.25, 0.3) is 5.82 Å². The molecule has 0 aliphatic carbocycles. The van der Waals surface area contributed by atoms with E-state index in [0.29, 0.717) is 0 Å². The molecule has 4 nitrogen and oxygen atoms in total. The summed E-state index contributed by atoms with van der Waals surface area (Å²) in [6.45, 7) is 3.87. The molecule has 0 unspecified atom stereocenters. The number of carboxylic acids is 1. The summed E-state index contributed by atoms with van der Waals surface area (Å²) in [5.74, 6) is 0.194. The van der Waals surface area contributed by atoms with Crippen LogP contribution in [-0.2, 0) is 19.5 Å². The lowest BCUT2D eigenvalue weighted by Gasteiger charge is -2.08. The standard InChI is InChI=1S/C29H38N2O2/c1-2-3-4-5-6-7-8-9-13-16-28-30(23-25-14-11-10-12-15-25)21-22-31(28)24-26-17-19-27(20-18-26)29(32)33/h10-12,14-15,17-22H,2-9,13,16,23-24H2,1H3. The molecule has 3 aromatic rings. The molecule has 0 aliphatic heterocycles. The largest absolute Gasteiger partial charge is 0.545 e. The summed E-state index contributed by atoms with van der Waals surface area (Å²) < 4.78 is 4.66. The molecule has 176 valence electrons. The van der Waals surface area contributed by atoms with Gasteiger partial charge in [-0.2, -0.15) is 0 Å². The second kappa shape index (κ2) is 13.6. The fourth-order valence-corrected chi connectivity index (χ4v) is 4.39. The number of imidazole rings is 1.